The number of hydrogen-bond donors (Lipinski definition) is 2. The van der Waals surface area contributed by atoms with Gasteiger partial charge in [0, 0.05) is 29.7 Å². The summed E-state index contributed by atoms with van der Waals surface area (Å²) < 4.78 is 11.1. The van der Waals surface area contributed by atoms with Crippen LogP contribution in [0.2, 0.25) is 0 Å². The first-order valence-electron chi connectivity index (χ1n) is 9.83. The van der Waals surface area contributed by atoms with Crippen LogP contribution in [0.25, 0.3) is 0 Å². The van der Waals surface area contributed by atoms with Gasteiger partial charge in [0.05, 0.1) is 11.8 Å². The average Bonchev–Trinajstić information content (AvgIpc) is 3.10. The average molecular weight is 446 g/mol. The number of nitrogen functional groups attached to an aromatic ring is 1. The third kappa shape index (κ3) is 4.74. The van der Waals surface area contributed by atoms with Gasteiger partial charge in [-0.1, -0.05) is 12.1 Å². The predicted octanol–water partition coefficient (Wildman–Crippen LogP) is 3.20. The molecule has 8 nitrogen and oxygen atoms in total. The van der Waals surface area contributed by atoms with Crippen LogP contribution in [0.4, 0.5) is 5.69 Å². The lowest BCUT2D eigenvalue weighted by molar-refractivity contribution is -0.137. The molecule has 164 valence electrons. The fourth-order valence-corrected chi connectivity index (χ4v) is 3.70. The summed E-state index contributed by atoms with van der Waals surface area (Å²) in [6.07, 6.45) is 0.921. The van der Waals surface area contributed by atoms with Crippen molar-refractivity contribution in [1.82, 2.24) is 5.01 Å². The zero-order valence-electron chi connectivity index (χ0n) is 17.0. The third-order valence-corrected chi connectivity index (χ3v) is 5.22. The Bertz CT molecular complexity index is 1020. The largest absolute Gasteiger partial charge is 0.481 e. The molecule has 1 unspecified atom stereocenters. The number of fused-ring (bicyclic) bond motifs is 2. The van der Waals surface area contributed by atoms with Gasteiger partial charge in [-0.3, -0.25) is 9.59 Å². The highest BCUT2D eigenvalue weighted by molar-refractivity contribution is 6.14. The summed E-state index contributed by atoms with van der Waals surface area (Å²) in [5.74, 6) is 0.203. The standard InChI is InChI=1S/C22H23N3O5.ClH/c1-13-9-15-10-18-19(30-12-29-18)11-17(15)22(14-5-7-16(23)8-6-14)24-25(13)20(26)3-2-4-21(27)28;/h5-8,10-11,13H,2-4,9,12,23H2,1H3,(H,27,28);1H. The molecular formula is C22H24ClN3O5. The Kier molecular flexibility index (Phi) is 6.70. The van der Waals surface area contributed by atoms with Crippen molar-refractivity contribution in [2.24, 2.45) is 5.10 Å². The topological polar surface area (TPSA) is 114 Å². The number of hydrogen-bond acceptors (Lipinski definition) is 6. The molecule has 2 aromatic carbocycles. The Hall–Kier alpha value is -3.26. The molecule has 0 spiro atoms. The maximum atomic E-state index is 12.9. The van der Waals surface area contributed by atoms with Gasteiger partial charge in [0.2, 0.25) is 12.7 Å². The van der Waals surface area contributed by atoms with E-state index in [9.17, 15) is 9.59 Å². The molecule has 2 aliphatic heterocycles. The second kappa shape index (κ2) is 9.26. The number of carboxylic acid groups (broad SMARTS) is 1. The number of carbonyl (C=O) groups is 2. The normalized spacial score (nSPS) is 16.6. The molecule has 0 aliphatic carbocycles. The Morgan fingerprint density at radius 1 is 1.16 bits per heavy atom. The van der Waals surface area contributed by atoms with Gasteiger partial charge in [0.1, 0.15) is 0 Å². The van der Waals surface area contributed by atoms with Crippen molar-refractivity contribution in [2.45, 2.75) is 38.6 Å². The molecule has 0 fully saturated rings. The van der Waals surface area contributed by atoms with Crippen LogP contribution in [0.1, 0.15) is 42.9 Å². The smallest absolute Gasteiger partial charge is 0.303 e. The van der Waals surface area contributed by atoms with Gasteiger partial charge < -0.3 is 20.3 Å². The van der Waals surface area contributed by atoms with Gasteiger partial charge in [-0.25, -0.2) is 5.01 Å². The monoisotopic (exact) mass is 445 g/mol. The molecule has 0 aromatic heterocycles. The first-order valence-corrected chi connectivity index (χ1v) is 9.83. The second-order valence-electron chi connectivity index (χ2n) is 7.47. The Morgan fingerprint density at radius 3 is 2.52 bits per heavy atom. The SMILES string of the molecule is CC1Cc2cc3c(cc2C(c2ccc(N)cc2)=NN1C(=O)CCCC(=O)O)OCO3.Cl. The summed E-state index contributed by atoms with van der Waals surface area (Å²) in [7, 11) is 0. The molecule has 4 rings (SSSR count). The van der Waals surface area contributed by atoms with Gasteiger partial charge >= 0.3 is 5.97 Å². The van der Waals surface area contributed by atoms with Crippen LogP contribution in [-0.2, 0) is 16.0 Å². The molecule has 2 heterocycles. The fourth-order valence-electron chi connectivity index (χ4n) is 3.70. The molecule has 3 N–H and O–H groups in total. The zero-order valence-corrected chi connectivity index (χ0v) is 17.9. The Balaban J connectivity index is 0.00000272. The third-order valence-electron chi connectivity index (χ3n) is 5.22. The maximum absolute atomic E-state index is 12.9. The minimum Gasteiger partial charge on any atom is -0.481 e. The first-order chi connectivity index (χ1) is 14.4. The summed E-state index contributed by atoms with van der Waals surface area (Å²) >= 11 is 0. The van der Waals surface area contributed by atoms with Gasteiger partial charge in [-0.05, 0) is 49.6 Å². The highest BCUT2D eigenvalue weighted by Crippen LogP contribution is 2.37. The molecule has 2 aromatic rings. The number of rotatable bonds is 5. The van der Waals surface area contributed by atoms with Crippen molar-refractivity contribution >= 4 is 35.7 Å². The van der Waals surface area contributed by atoms with E-state index in [0.29, 0.717) is 29.3 Å². The van der Waals surface area contributed by atoms with Crippen molar-refractivity contribution in [3.8, 4) is 11.5 Å². The van der Waals surface area contributed by atoms with E-state index in [-0.39, 0.29) is 50.4 Å². The quantitative estimate of drug-likeness (QED) is 0.683. The molecule has 0 saturated carbocycles. The van der Waals surface area contributed by atoms with E-state index >= 15 is 0 Å². The Labute approximate surface area is 186 Å². The molecule has 0 bridgehead atoms. The van der Waals surface area contributed by atoms with Crippen molar-refractivity contribution in [1.29, 1.82) is 0 Å². The number of hydrazone groups is 1. The van der Waals surface area contributed by atoms with Crippen LogP contribution in [0.15, 0.2) is 41.5 Å². The van der Waals surface area contributed by atoms with E-state index in [1.165, 1.54) is 5.01 Å². The Morgan fingerprint density at radius 2 is 1.84 bits per heavy atom. The van der Waals surface area contributed by atoms with E-state index in [1.807, 2.05) is 31.2 Å². The van der Waals surface area contributed by atoms with E-state index < -0.39 is 5.97 Å². The molecule has 0 radical (unpaired) electrons. The minimum absolute atomic E-state index is 0. The van der Waals surface area contributed by atoms with Crippen molar-refractivity contribution in [3.63, 3.8) is 0 Å². The summed E-state index contributed by atoms with van der Waals surface area (Å²) in [4.78, 5) is 23.7. The van der Waals surface area contributed by atoms with Gasteiger partial charge in [0.25, 0.3) is 0 Å². The summed E-state index contributed by atoms with van der Waals surface area (Å²) in [6.45, 7) is 2.11. The number of amides is 1. The number of nitrogens with two attached hydrogens (primary N) is 1. The van der Waals surface area contributed by atoms with Crippen LogP contribution in [0.5, 0.6) is 11.5 Å². The van der Waals surface area contributed by atoms with Crippen LogP contribution >= 0.6 is 12.4 Å². The number of nitrogens with zero attached hydrogens (tertiary/aromatic N) is 2. The van der Waals surface area contributed by atoms with Crippen molar-refractivity contribution in [3.05, 3.63) is 53.1 Å². The van der Waals surface area contributed by atoms with Crippen LogP contribution < -0.4 is 15.2 Å². The van der Waals surface area contributed by atoms with Crippen LogP contribution in [-0.4, -0.2) is 40.5 Å². The second-order valence-corrected chi connectivity index (χ2v) is 7.47. The van der Waals surface area contributed by atoms with E-state index in [1.54, 1.807) is 12.1 Å². The minimum atomic E-state index is -0.917. The van der Waals surface area contributed by atoms with E-state index in [2.05, 4.69) is 0 Å². The number of carboxylic acids is 1. The van der Waals surface area contributed by atoms with Crippen LogP contribution in [0.3, 0.4) is 0 Å². The number of carbonyl (C=O) groups excluding carboxylic acids is 1. The van der Waals surface area contributed by atoms with Crippen LogP contribution in [0, 0.1) is 0 Å². The molecule has 1 atom stereocenters. The van der Waals surface area contributed by atoms with Gasteiger partial charge in [0.15, 0.2) is 11.5 Å². The number of anilines is 1. The lowest BCUT2D eigenvalue weighted by Gasteiger charge is -2.23. The van der Waals surface area contributed by atoms with Crippen molar-refractivity contribution in [2.75, 3.05) is 12.5 Å². The molecule has 2 aliphatic rings. The highest BCUT2D eigenvalue weighted by Gasteiger charge is 2.29. The van der Waals surface area contributed by atoms with Crippen molar-refractivity contribution < 1.29 is 24.2 Å². The molecule has 0 saturated heterocycles. The fraction of sp³-hybridized carbons (Fsp3) is 0.318. The lowest BCUT2D eigenvalue weighted by Crippen LogP contribution is -2.35. The van der Waals surface area contributed by atoms with Gasteiger partial charge in [-0.15, -0.1) is 12.4 Å². The number of ether oxygens (including phenoxy) is 2. The molecular weight excluding hydrogens is 422 g/mol. The molecule has 9 heteroatoms. The number of halogens is 1. The molecule has 1 amide bonds. The lowest BCUT2D eigenvalue weighted by atomic mass is 9.94. The summed E-state index contributed by atoms with van der Waals surface area (Å²) in [6, 6.07) is 11.0. The highest BCUT2D eigenvalue weighted by atomic mass is 35.5. The summed E-state index contributed by atoms with van der Waals surface area (Å²) in [5.41, 5.74) is 9.81. The van der Waals surface area contributed by atoms with E-state index in [0.717, 1.165) is 16.7 Å². The van der Waals surface area contributed by atoms with Gasteiger partial charge in [-0.2, -0.15) is 5.10 Å². The zero-order chi connectivity index (χ0) is 21.3. The molecule has 31 heavy (non-hydrogen) atoms. The predicted molar refractivity (Wildman–Crippen MR) is 118 cm³/mol. The number of aliphatic carboxylic acids is 1. The number of benzene rings is 2. The summed E-state index contributed by atoms with van der Waals surface area (Å²) in [5, 5.41) is 15.1. The van der Waals surface area contributed by atoms with E-state index in [4.69, 9.17) is 25.4 Å². The first kappa shape index (κ1) is 22.4. The maximum Gasteiger partial charge on any atom is 0.303 e.